The summed E-state index contributed by atoms with van der Waals surface area (Å²) in [6.45, 7) is 0. The molecule has 2 N–H and O–H groups in total. The number of carbonyl (C=O) groups is 1. The Balaban J connectivity index is 1.94. The number of carbonyl (C=O) groups excluding carboxylic acids is 1. The highest BCUT2D eigenvalue weighted by Gasteiger charge is 2.38. The summed E-state index contributed by atoms with van der Waals surface area (Å²) >= 11 is 2.87. The van der Waals surface area contributed by atoms with Gasteiger partial charge < -0.3 is 5.73 Å². The first-order valence-electron chi connectivity index (χ1n) is 6.70. The van der Waals surface area contributed by atoms with Gasteiger partial charge in [0, 0.05) is 17.1 Å². The van der Waals surface area contributed by atoms with Crippen molar-refractivity contribution < 1.29 is 9.63 Å². The molecule has 2 aromatic heterocycles. The van der Waals surface area contributed by atoms with Gasteiger partial charge in [-0.25, -0.2) is 4.84 Å². The van der Waals surface area contributed by atoms with E-state index in [1.165, 1.54) is 28.2 Å². The molecule has 0 radical (unpaired) electrons. The normalized spacial score (nSPS) is 16.7. The molecular weight excluding hydrogens is 334 g/mol. The number of aromatic nitrogens is 3. The Kier molecular flexibility index (Phi) is 3.40. The van der Waals surface area contributed by atoms with Crippen LogP contribution in [0.4, 0.5) is 10.8 Å². The molecule has 0 spiro atoms. The second-order valence-corrected chi connectivity index (χ2v) is 6.82. The van der Waals surface area contributed by atoms with Crippen molar-refractivity contribution in [1.82, 2.24) is 15.2 Å². The number of thioether (sulfide) groups is 1. The summed E-state index contributed by atoms with van der Waals surface area (Å²) in [5, 5.41) is 11.2. The van der Waals surface area contributed by atoms with Crippen molar-refractivity contribution in [2.24, 2.45) is 5.73 Å². The van der Waals surface area contributed by atoms with Gasteiger partial charge in [-0.05, 0) is 12.3 Å². The predicted molar refractivity (Wildman–Crippen MR) is 88.6 cm³/mol. The van der Waals surface area contributed by atoms with Gasteiger partial charge in [-0.3, -0.25) is 9.78 Å². The van der Waals surface area contributed by atoms with Crippen molar-refractivity contribution in [2.45, 2.75) is 10.4 Å². The van der Waals surface area contributed by atoms with Gasteiger partial charge in [0.25, 0.3) is 5.91 Å². The zero-order valence-electron chi connectivity index (χ0n) is 12.0. The van der Waals surface area contributed by atoms with Crippen LogP contribution < -0.4 is 10.8 Å². The molecule has 9 heteroatoms. The second-order valence-electron chi connectivity index (χ2n) is 4.82. The van der Waals surface area contributed by atoms with E-state index in [9.17, 15) is 4.79 Å². The molecule has 0 aliphatic carbocycles. The predicted octanol–water partition coefficient (Wildman–Crippen LogP) is 2.42. The highest BCUT2D eigenvalue weighted by Crippen LogP contribution is 2.46. The van der Waals surface area contributed by atoms with Crippen LogP contribution in [0.15, 0.2) is 34.8 Å². The Morgan fingerprint density at radius 3 is 3.00 bits per heavy atom. The number of hydrogen-bond donors (Lipinski definition) is 1. The van der Waals surface area contributed by atoms with Crippen LogP contribution >= 0.6 is 23.1 Å². The van der Waals surface area contributed by atoms with E-state index in [0.29, 0.717) is 16.4 Å². The Hall–Kier alpha value is -2.23. The largest absolute Gasteiger partial charge is 0.367 e. The SMILES string of the molecule is CSc1nnc(N2OC(C(N)=O)c3ccc4cccnc4c32)s1. The van der Waals surface area contributed by atoms with E-state index >= 15 is 0 Å². The first-order chi connectivity index (χ1) is 11.2. The van der Waals surface area contributed by atoms with Crippen molar-refractivity contribution in [3.8, 4) is 0 Å². The van der Waals surface area contributed by atoms with E-state index < -0.39 is 12.0 Å². The quantitative estimate of drug-likeness (QED) is 0.728. The molecule has 1 amide bonds. The number of anilines is 2. The first-order valence-corrected chi connectivity index (χ1v) is 8.74. The molecule has 116 valence electrons. The number of primary amides is 1. The summed E-state index contributed by atoms with van der Waals surface area (Å²) in [7, 11) is 0. The van der Waals surface area contributed by atoms with Crippen molar-refractivity contribution in [3.63, 3.8) is 0 Å². The maximum absolute atomic E-state index is 11.8. The number of pyridine rings is 1. The lowest BCUT2D eigenvalue weighted by Crippen LogP contribution is -2.23. The van der Waals surface area contributed by atoms with Gasteiger partial charge in [0.1, 0.15) is 5.69 Å². The van der Waals surface area contributed by atoms with Crippen molar-refractivity contribution in [2.75, 3.05) is 11.3 Å². The van der Waals surface area contributed by atoms with E-state index in [2.05, 4.69) is 15.2 Å². The summed E-state index contributed by atoms with van der Waals surface area (Å²) in [6, 6.07) is 7.55. The van der Waals surface area contributed by atoms with Crippen LogP contribution in [0.3, 0.4) is 0 Å². The number of nitrogens with zero attached hydrogens (tertiary/aromatic N) is 4. The number of fused-ring (bicyclic) bond motifs is 3. The van der Waals surface area contributed by atoms with Crippen LogP contribution in [0, 0.1) is 0 Å². The topological polar surface area (TPSA) is 94.2 Å². The second kappa shape index (κ2) is 5.44. The zero-order chi connectivity index (χ0) is 16.0. The standard InChI is InChI=1S/C14H11N5O2S2/c1-22-14-18-17-13(23-14)19-10-8(11(21-19)12(15)20)5-4-7-3-2-6-16-9(7)10/h2-6,11H,1H3,(H2,15,20). The molecule has 3 heterocycles. The highest BCUT2D eigenvalue weighted by atomic mass is 32.2. The fourth-order valence-corrected chi connectivity index (χ4v) is 3.71. The number of nitrogens with two attached hydrogens (primary N) is 1. The summed E-state index contributed by atoms with van der Waals surface area (Å²) in [5.41, 5.74) is 7.59. The van der Waals surface area contributed by atoms with E-state index in [1.54, 1.807) is 6.20 Å². The monoisotopic (exact) mass is 345 g/mol. The van der Waals surface area contributed by atoms with E-state index in [0.717, 1.165) is 15.2 Å². The molecule has 3 aromatic rings. The molecule has 1 aliphatic heterocycles. The molecule has 0 saturated heterocycles. The lowest BCUT2D eigenvalue weighted by Gasteiger charge is -2.14. The van der Waals surface area contributed by atoms with Gasteiger partial charge in [-0.2, -0.15) is 5.06 Å². The van der Waals surface area contributed by atoms with Gasteiger partial charge in [0.2, 0.25) is 5.13 Å². The molecule has 23 heavy (non-hydrogen) atoms. The number of hydrogen-bond acceptors (Lipinski definition) is 8. The van der Waals surface area contributed by atoms with Gasteiger partial charge in [-0.15, -0.1) is 10.2 Å². The van der Waals surface area contributed by atoms with Crippen LogP contribution in [0.25, 0.3) is 10.9 Å². The maximum Gasteiger partial charge on any atom is 0.254 e. The Morgan fingerprint density at radius 1 is 1.39 bits per heavy atom. The van der Waals surface area contributed by atoms with Crippen molar-refractivity contribution >= 4 is 50.7 Å². The molecular formula is C14H11N5O2S2. The minimum Gasteiger partial charge on any atom is -0.367 e. The van der Waals surface area contributed by atoms with Crippen LogP contribution in [0.1, 0.15) is 11.7 Å². The number of amides is 1. The fraction of sp³-hybridized carbons (Fsp3) is 0.143. The van der Waals surface area contributed by atoms with Gasteiger partial charge >= 0.3 is 0 Å². The molecule has 1 unspecified atom stereocenters. The van der Waals surface area contributed by atoms with Crippen LogP contribution in [-0.2, 0) is 9.63 Å². The first kappa shape index (κ1) is 14.4. The maximum atomic E-state index is 11.8. The summed E-state index contributed by atoms with van der Waals surface area (Å²) < 4.78 is 0.806. The third kappa shape index (κ3) is 2.24. The lowest BCUT2D eigenvalue weighted by molar-refractivity contribution is -0.128. The summed E-state index contributed by atoms with van der Waals surface area (Å²) in [6.07, 6.45) is 2.76. The average molecular weight is 345 g/mol. The lowest BCUT2D eigenvalue weighted by atomic mass is 10.0. The molecule has 0 saturated carbocycles. The zero-order valence-corrected chi connectivity index (χ0v) is 13.6. The molecule has 7 nitrogen and oxygen atoms in total. The average Bonchev–Trinajstić information content (AvgIpc) is 3.19. The Bertz CT molecular complexity index is 913. The molecule has 0 fully saturated rings. The van der Waals surface area contributed by atoms with E-state index in [-0.39, 0.29) is 0 Å². The minimum absolute atomic E-state index is 0.539. The van der Waals surface area contributed by atoms with Gasteiger partial charge in [0.05, 0.1) is 5.52 Å². The Labute approximate surface area is 139 Å². The highest BCUT2D eigenvalue weighted by molar-refractivity contribution is 8.00. The summed E-state index contributed by atoms with van der Waals surface area (Å²) in [5.74, 6) is -0.557. The van der Waals surface area contributed by atoms with Crippen LogP contribution in [0.5, 0.6) is 0 Å². The molecule has 1 atom stereocenters. The van der Waals surface area contributed by atoms with Crippen LogP contribution in [0.2, 0.25) is 0 Å². The number of rotatable bonds is 3. The van der Waals surface area contributed by atoms with Crippen molar-refractivity contribution in [1.29, 1.82) is 0 Å². The fourth-order valence-electron chi connectivity index (χ4n) is 2.50. The van der Waals surface area contributed by atoms with Gasteiger partial charge in [-0.1, -0.05) is 41.3 Å². The molecule has 4 rings (SSSR count). The van der Waals surface area contributed by atoms with E-state index in [1.807, 2.05) is 30.5 Å². The molecule has 1 aliphatic rings. The van der Waals surface area contributed by atoms with Crippen molar-refractivity contribution in [3.05, 3.63) is 36.0 Å². The third-order valence-electron chi connectivity index (χ3n) is 3.48. The third-order valence-corrected chi connectivity index (χ3v) is 5.35. The Morgan fingerprint density at radius 2 is 2.26 bits per heavy atom. The van der Waals surface area contributed by atoms with E-state index in [4.69, 9.17) is 10.6 Å². The minimum atomic E-state index is -0.863. The van der Waals surface area contributed by atoms with Gasteiger partial charge in [0.15, 0.2) is 10.4 Å². The molecule has 1 aromatic carbocycles. The molecule has 0 bridgehead atoms. The number of benzene rings is 1. The summed E-state index contributed by atoms with van der Waals surface area (Å²) in [4.78, 5) is 21.9. The van der Waals surface area contributed by atoms with Crippen LogP contribution in [-0.4, -0.2) is 27.3 Å². The smallest absolute Gasteiger partial charge is 0.254 e.